The third-order valence-electron chi connectivity index (χ3n) is 6.60. The lowest BCUT2D eigenvalue weighted by molar-refractivity contribution is 0.0940. The van der Waals surface area contributed by atoms with E-state index in [2.05, 4.69) is 15.6 Å². The number of amides is 2. The van der Waals surface area contributed by atoms with E-state index in [1.165, 1.54) is 18.4 Å². The van der Waals surface area contributed by atoms with E-state index in [1.54, 1.807) is 48.8 Å². The lowest BCUT2D eigenvalue weighted by atomic mass is 9.95. The smallest absolute Gasteiger partial charge is 0.255 e. The van der Waals surface area contributed by atoms with Crippen LogP contribution in [0.1, 0.15) is 57.3 Å². The number of nitrogens with one attached hydrogen (secondary N) is 2. The summed E-state index contributed by atoms with van der Waals surface area (Å²) >= 11 is 0. The van der Waals surface area contributed by atoms with Crippen molar-refractivity contribution >= 4 is 22.8 Å². The number of fused-ring (bicyclic) bond motifs is 1. The van der Waals surface area contributed by atoms with Gasteiger partial charge in [-0.1, -0.05) is 44.2 Å². The van der Waals surface area contributed by atoms with Gasteiger partial charge in [0.1, 0.15) is 30.0 Å². The molecular formula is C33H30FN3O4. The molecule has 7 nitrogen and oxygen atoms in total. The standard InChI is InChI=1S/C33H30FN3O4/c1-21(2)18-36-32(38)24-9-12-30(40-19-22-13-15-35-16-14-22)27(17-24)31(23-7-10-25(34)11-8-23)37-33(39)28-20-41-29-6-4-3-5-26(28)29/h3-17,20-21,31H,18-19H2,1-2H3,(H,36,38)(H,37,39). The number of hydrogen-bond acceptors (Lipinski definition) is 5. The molecule has 1 atom stereocenters. The van der Waals surface area contributed by atoms with Crippen LogP contribution in [0.3, 0.4) is 0 Å². The highest BCUT2D eigenvalue weighted by Crippen LogP contribution is 2.33. The first-order valence-electron chi connectivity index (χ1n) is 13.4. The minimum atomic E-state index is -0.776. The number of furan rings is 1. The first-order chi connectivity index (χ1) is 19.9. The Balaban J connectivity index is 1.56. The molecule has 0 bridgehead atoms. The maximum absolute atomic E-state index is 13.9. The summed E-state index contributed by atoms with van der Waals surface area (Å²) in [5, 5.41) is 6.68. The second kappa shape index (κ2) is 12.5. The van der Waals surface area contributed by atoms with Crippen molar-refractivity contribution in [3.63, 3.8) is 0 Å². The number of carbonyl (C=O) groups is 2. The van der Waals surface area contributed by atoms with Gasteiger partial charge in [0.2, 0.25) is 0 Å². The largest absolute Gasteiger partial charge is 0.489 e. The number of aromatic nitrogens is 1. The Morgan fingerprint density at radius 3 is 2.46 bits per heavy atom. The second-order valence-electron chi connectivity index (χ2n) is 10.1. The number of hydrogen-bond donors (Lipinski definition) is 2. The lowest BCUT2D eigenvalue weighted by Crippen LogP contribution is -2.30. The summed E-state index contributed by atoms with van der Waals surface area (Å²) in [6.45, 7) is 4.79. The van der Waals surface area contributed by atoms with Crippen molar-refractivity contribution in [2.75, 3.05) is 6.54 Å². The average molecular weight is 552 g/mol. The van der Waals surface area contributed by atoms with E-state index in [9.17, 15) is 14.0 Å². The van der Waals surface area contributed by atoms with Gasteiger partial charge in [-0.3, -0.25) is 14.6 Å². The Labute approximate surface area is 237 Å². The van der Waals surface area contributed by atoms with Crippen molar-refractivity contribution in [1.82, 2.24) is 15.6 Å². The van der Waals surface area contributed by atoms with Crippen LogP contribution in [0.25, 0.3) is 11.0 Å². The predicted octanol–water partition coefficient (Wildman–Crippen LogP) is 6.45. The van der Waals surface area contributed by atoms with Crippen molar-refractivity contribution < 1.29 is 23.1 Å². The quantitative estimate of drug-likeness (QED) is 0.208. The average Bonchev–Trinajstić information content (AvgIpc) is 3.43. The molecule has 41 heavy (non-hydrogen) atoms. The maximum Gasteiger partial charge on any atom is 0.255 e. The summed E-state index contributed by atoms with van der Waals surface area (Å²) in [7, 11) is 0. The molecule has 1 unspecified atom stereocenters. The highest BCUT2D eigenvalue weighted by atomic mass is 19.1. The molecule has 0 aliphatic carbocycles. The van der Waals surface area contributed by atoms with E-state index in [0.29, 0.717) is 45.5 Å². The van der Waals surface area contributed by atoms with Gasteiger partial charge in [0.05, 0.1) is 11.6 Å². The van der Waals surface area contributed by atoms with Gasteiger partial charge >= 0.3 is 0 Å². The van der Waals surface area contributed by atoms with E-state index < -0.39 is 11.9 Å². The summed E-state index contributed by atoms with van der Waals surface area (Å²) in [5.74, 6) is -0.299. The van der Waals surface area contributed by atoms with Crippen LogP contribution in [0.15, 0.2) is 102 Å². The van der Waals surface area contributed by atoms with Gasteiger partial charge in [-0.15, -0.1) is 0 Å². The summed E-state index contributed by atoms with van der Waals surface area (Å²) in [4.78, 5) is 30.7. The first-order valence-corrected chi connectivity index (χ1v) is 13.4. The van der Waals surface area contributed by atoms with E-state index in [4.69, 9.17) is 9.15 Å². The van der Waals surface area contributed by atoms with E-state index in [0.717, 1.165) is 5.56 Å². The molecule has 5 aromatic rings. The highest BCUT2D eigenvalue weighted by Gasteiger charge is 2.25. The van der Waals surface area contributed by atoms with E-state index in [-0.39, 0.29) is 24.3 Å². The van der Waals surface area contributed by atoms with Gasteiger partial charge < -0.3 is 19.8 Å². The van der Waals surface area contributed by atoms with E-state index >= 15 is 0 Å². The summed E-state index contributed by atoms with van der Waals surface area (Å²) in [6, 6.07) is 21.2. The van der Waals surface area contributed by atoms with Crippen molar-refractivity contribution in [3.8, 4) is 5.75 Å². The van der Waals surface area contributed by atoms with Gasteiger partial charge in [0.15, 0.2) is 0 Å². The topological polar surface area (TPSA) is 93.5 Å². The number of ether oxygens (including phenoxy) is 1. The molecule has 3 aromatic carbocycles. The molecule has 0 radical (unpaired) electrons. The minimum absolute atomic E-state index is 0.241. The number of carbonyl (C=O) groups excluding carboxylic acids is 2. The normalized spacial score (nSPS) is 11.8. The van der Waals surface area contributed by atoms with Crippen molar-refractivity contribution in [2.24, 2.45) is 5.92 Å². The van der Waals surface area contributed by atoms with Crippen molar-refractivity contribution in [1.29, 1.82) is 0 Å². The molecule has 208 valence electrons. The van der Waals surface area contributed by atoms with Crippen molar-refractivity contribution in [3.05, 3.63) is 131 Å². The molecule has 2 amide bonds. The second-order valence-corrected chi connectivity index (χ2v) is 10.1. The third-order valence-corrected chi connectivity index (χ3v) is 6.60. The van der Waals surface area contributed by atoms with Crippen LogP contribution in [0.5, 0.6) is 5.75 Å². The molecule has 2 N–H and O–H groups in total. The molecule has 8 heteroatoms. The van der Waals surface area contributed by atoms with Crippen LogP contribution in [-0.2, 0) is 6.61 Å². The van der Waals surface area contributed by atoms with Gasteiger partial charge in [-0.2, -0.15) is 0 Å². The Hall–Kier alpha value is -4.98. The van der Waals surface area contributed by atoms with Gasteiger partial charge in [0, 0.05) is 35.5 Å². The molecule has 0 saturated heterocycles. The van der Waals surface area contributed by atoms with Gasteiger partial charge in [0.25, 0.3) is 11.8 Å². The molecule has 0 fully saturated rings. The fourth-order valence-electron chi connectivity index (χ4n) is 4.44. The summed E-state index contributed by atoms with van der Waals surface area (Å²) < 4.78 is 25.8. The zero-order valence-corrected chi connectivity index (χ0v) is 22.8. The highest BCUT2D eigenvalue weighted by molar-refractivity contribution is 6.06. The number of halogens is 1. The fraction of sp³-hybridized carbons (Fsp3) is 0.182. The number of para-hydroxylation sites is 1. The first kappa shape index (κ1) is 27.6. The monoisotopic (exact) mass is 551 g/mol. The van der Waals surface area contributed by atoms with Gasteiger partial charge in [-0.05, 0) is 65.6 Å². The van der Waals surface area contributed by atoms with Crippen LogP contribution in [-0.4, -0.2) is 23.3 Å². The molecule has 2 heterocycles. The van der Waals surface area contributed by atoms with Crippen LogP contribution in [0, 0.1) is 11.7 Å². The van der Waals surface area contributed by atoms with Gasteiger partial charge in [-0.25, -0.2) is 4.39 Å². The fourth-order valence-corrected chi connectivity index (χ4v) is 4.44. The summed E-state index contributed by atoms with van der Waals surface area (Å²) in [6.07, 6.45) is 4.77. The molecule has 0 saturated carbocycles. The molecular weight excluding hydrogens is 521 g/mol. The number of benzene rings is 3. The Morgan fingerprint density at radius 1 is 0.951 bits per heavy atom. The van der Waals surface area contributed by atoms with Crippen LogP contribution in [0.4, 0.5) is 4.39 Å². The zero-order chi connectivity index (χ0) is 28.8. The predicted molar refractivity (Wildman–Crippen MR) is 154 cm³/mol. The Bertz CT molecular complexity index is 1650. The maximum atomic E-state index is 13.9. The molecule has 0 spiro atoms. The van der Waals surface area contributed by atoms with Crippen LogP contribution in [0.2, 0.25) is 0 Å². The molecule has 0 aliphatic rings. The Kier molecular flexibility index (Phi) is 8.39. The lowest BCUT2D eigenvalue weighted by Gasteiger charge is -2.23. The number of nitrogens with zero attached hydrogens (tertiary/aromatic N) is 1. The summed E-state index contributed by atoms with van der Waals surface area (Å²) in [5.41, 5.74) is 3.41. The molecule has 2 aromatic heterocycles. The third kappa shape index (κ3) is 6.61. The van der Waals surface area contributed by atoms with Crippen LogP contribution < -0.4 is 15.4 Å². The molecule has 5 rings (SSSR count). The number of pyridine rings is 1. The SMILES string of the molecule is CC(C)CNC(=O)c1ccc(OCc2ccncc2)c(C(NC(=O)c2coc3ccccc23)c2ccc(F)cc2)c1. The Morgan fingerprint density at radius 2 is 1.71 bits per heavy atom. The van der Waals surface area contributed by atoms with Crippen LogP contribution >= 0.6 is 0 Å². The minimum Gasteiger partial charge on any atom is -0.489 e. The molecule has 0 aliphatic heterocycles. The van der Waals surface area contributed by atoms with Crippen molar-refractivity contribution in [2.45, 2.75) is 26.5 Å². The zero-order valence-electron chi connectivity index (χ0n) is 22.8. The van der Waals surface area contributed by atoms with E-state index in [1.807, 2.05) is 44.2 Å². The number of rotatable bonds is 10.